The Hall–Kier alpha value is -3.50. The Balaban J connectivity index is 2.11. The molecule has 0 heterocycles. The van der Waals surface area contributed by atoms with Crippen molar-refractivity contribution in [3.8, 4) is 5.75 Å². The van der Waals surface area contributed by atoms with Gasteiger partial charge in [-0.2, -0.15) is 0 Å². The van der Waals surface area contributed by atoms with Crippen molar-refractivity contribution in [3.63, 3.8) is 0 Å². The van der Waals surface area contributed by atoms with E-state index >= 15 is 0 Å². The van der Waals surface area contributed by atoms with Gasteiger partial charge in [0.2, 0.25) is 11.8 Å². The molecule has 214 valence electrons. The molecule has 0 aliphatic heterocycles. The first-order chi connectivity index (χ1) is 19.2. The lowest BCUT2D eigenvalue weighted by molar-refractivity contribution is -0.140. The Kier molecular flexibility index (Phi) is 11.0. The van der Waals surface area contributed by atoms with E-state index in [1.54, 1.807) is 43.3 Å². The van der Waals surface area contributed by atoms with Gasteiger partial charge in [-0.25, -0.2) is 8.42 Å². The van der Waals surface area contributed by atoms with Crippen LogP contribution in [0.15, 0.2) is 82.6 Å². The second-order valence-electron chi connectivity index (χ2n) is 9.14. The summed E-state index contributed by atoms with van der Waals surface area (Å²) in [6.45, 7) is 5.53. The SMILES string of the molecule is CCOc1ccccc1N(CC(=O)N(Cc1cccc(C)c1)[C@H](CC)C(=O)NC)S(=O)(=O)c1ccc(SC)cc1. The number of nitrogens with one attached hydrogen (secondary N) is 1. The molecule has 0 bridgehead atoms. The van der Waals surface area contributed by atoms with Gasteiger partial charge in [-0.15, -0.1) is 11.8 Å². The van der Waals surface area contributed by atoms with Crippen LogP contribution in [-0.4, -0.2) is 57.6 Å². The van der Waals surface area contributed by atoms with E-state index in [0.717, 1.165) is 20.3 Å². The molecule has 3 rings (SSSR count). The molecule has 10 heteroatoms. The fourth-order valence-electron chi connectivity index (χ4n) is 4.42. The van der Waals surface area contributed by atoms with Crippen molar-refractivity contribution in [2.24, 2.45) is 0 Å². The number of benzene rings is 3. The van der Waals surface area contributed by atoms with Gasteiger partial charge in [-0.05, 0) is 68.5 Å². The number of aryl methyl sites for hydroxylation is 1. The molecule has 0 aliphatic rings. The number of rotatable bonds is 13. The number of carbonyl (C=O) groups is 2. The van der Waals surface area contributed by atoms with Crippen LogP contribution in [0.5, 0.6) is 5.75 Å². The number of carbonyl (C=O) groups excluding carboxylic acids is 2. The lowest BCUT2D eigenvalue weighted by Crippen LogP contribution is -2.51. The summed E-state index contributed by atoms with van der Waals surface area (Å²) in [7, 11) is -2.67. The van der Waals surface area contributed by atoms with Crippen molar-refractivity contribution in [2.75, 3.05) is 30.8 Å². The minimum Gasteiger partial charge on any atom is -0.492 e. The van der Waals surface area contributed by atoms with Gasteiger partial charge in [0.25, 0.3) is 10.0 Å². The van der Waals surface area contributed by atoms with Crippen LogP contribution in [0, 0.1) is 6.92 Å². The summed E-state index contributed by atoms with van der Waals surface area (Å²) >= 11 is 1.50. The van der Waals surface area contributed by atoms with Crippen LogP contribution < -0.4 is 14.4 Å². The van der Waals surface area contributed by atoms with E-state index < -0.39 is 28.5 Å². The van der Waals surface area contributed by atoms with Gasteiger partial charge < -0.3 is 15.0 Å². The van der Waals surface area contributed by atoms with E-state index in [9.17, 15) is 18.0 Å². The molecule has 1 N–H and O–H groups in total. The topological polar surface area (TPSA) is 96.0 Å². The maximum Gasteiger partial charge on any atom is 0.264 e. The van der Waals surface area contributed by atoms with Gasteiger partial charge in [0.05, 0.1) is 17.2 Å². The Bertz CT molecular complexity index is 1410. The largest absolute Gasteiger partial charge is 0.492 e. The van der Waals surface area contributed by atoms with E-state index in [4.69, 9.17) is 4.74 Å². The average Bonchev–Trinajstić information content (AvgIpc) is 2.96. The molecule has 0 radical (unpaired) electrons. The summed E-state index contributed by atoms with van der Waals surface area (Å²) in [5, 5.41) is 2.64. The molecule has 0 aromatic heterocycles. The smallest absolute Gasteiger partial charge is 0.264 e. The Morgan fingerprint density at radius 2 is 1.70 bits per heavy atom. The third-order valence-corrected chi connectivity index (χ3v) is 8.95. The predicted molar refractivity (Wildman–Crippen MR) is 160 cm³/mol. The van der Waals surface area contributed by atoms with Gasteiger partial charge in [0, 0.05) is 18.5 Å². The van der Waals surface area contributed by atoms with Crippen molar-refractivity contribution in [2.45, 2.75) is 49.6 Å². The summed E-state index contributed by atoms with van der Waals surface area (Å²) < 4.78 is 35.0. The molecule has 0 spiro atoms. The van der Waals surface area contributed by atoms with Crippen molar-refractivity contribution >= 4 is 39.3 Å². The molecular weight excluding hydrogens is 546 g/mol. The number of nitrogens with zero attached hydrogens (tertiary/aromatic N) is 2. The van der Waals surface area contributed by atoms with Crippen molar-refractivity contribution in [3.05, 3.63) is 83.9 Å². The number of hydrogen-bond acceptors (Lipinski definition) is 6. The van der Waals surface area contributed by atoms with E-state index in [1.165, 1.54) is 35.8 Å². The third kappa shape index (κ3) is 7.37. The zero-order chi connectivity index (χ0) is 29.3. The van der Waals surface area contributed by atoms with Crippen LogP contribution in [0.2, 0.25) is 0 Å². The minimum absolute atomic E-state index is 0.0491. The first kappa shape index (κ1) is 31.0. The van der Waals surface area contributed by atoms with Crippen LogP contribution in [-0.2, 0) is 26.2 Å². The van der Waals surface area contributed by atoms with Gasteiger partial charge >= 0.3 is 0 Å². The van der Waals surface area contributed by atoms with E-state index in [1.807, 2.05) is 44.4 Å². The number of ether oxygens (including phenoxy) is 1. The molecule has 0 aliphatic carbocycles. The summed E-state index contributed by atoms with van der Waals surface area (Å²) in [5.74, 6) is -0.487. The molecule has 1 atom stereocenters. The number of sulfonamides is 1. The van der Waals surface area contributed by atoms with Gasteiger partial charge in [-0.1, -0.05) is 48.9 Å². The molecule has 0 fully saturated rings. The number of thioether (sulfide) groups is 1. The summed E-state index contributed by atoms with van der Waals surface area (Å²) in [6, 6.07) is 20.2. The molecule has 0 saturated carbocycles. The normalized spacial score (nSPS) is 11.9. The lowest BCUT2D eigenvalue weighted by Gasteiger charge is -2.33. The van der Waals surface area contributed by atoms with Crippen molar-refractivity contribution in [1.29, 1.82) is 0 Å². The Labute approximate surface area is 241 Å². The first-order valence-electron chi connectivity index (χ1n) is 13.1. The predicted octanol–water partition coefficient (Wildman–Crippen LogP) is 4.86. The van der Waals surface area contributed by atoms with Crippen LogP contribution in [0.1, 0.15) is 31.4 Å². The Morgan fingerprint density at radius 1 is 1.00 bits per heavy atom. The highest BCUT2D eigenvalue weighted by molar-refractivity contribution is 7.98. The standard InChI is InChI=1S/C30H37N3O5S2/c1-6-26(30(35)31-4)32(20-23-12-10-11-22(3)19-23)29(34)21-33(27-13-8-9-14-28(27)38-7-2)40(36,37)25-17-15-24(39-5)16-18-25/h8-19,26H,6-7,20-21H2,1-5H3,(H,31,35)/t26-/m1/s1. The fraction of sp³-hybridized carbons (Fsp3) is 0.333. The Morgan fingerprint density at radius 3 is 2.30 bits per heavy atom. The highest BCUT2D eigenvalue weighted by atomic mass is 32.2. The zero-order valence-electron chi connectivity index (χ0n) is 23.6. The highest BCUT2D eigenvalue weighted by Crippen LogP contribution is 2.33. The average molecular weight is 584 g/mol. The zero-order valence-corrected chi connectivity index (χ0v) is 25.2. The summed E-state index contributed by atoms with van der Waals surface area (Å²) in [4.78, 5) is 29.4. The molecule has 0 unspecified atom stereocenters. The molecule has 3 aromatic carbocycles. The second kappa shape index (κ2) is 14.2. The molecule has 0 saturated heterocycles. The second-order valence-corrected chi connectivity index (χ2v) is 11.9. The maximum absolute atomic E-state index is 14.1. The summed E-state index contributed by atoms with van der Waals surface area (Å²) in [6.07, 6.45) is 2.27. The molecule has 8 nitrogen and oxygen atoms in total. The fourth-order valence-corrected chi connectivity index (χ4v) is 6.26. The van der Waals surface area contributed by atoms with Gasteiger partial charge in [0.1, 0.15) is 18.3 Å². The number of hydrogen-bond donors (Lipinski definition) is 1. The molecule has 40 heavy (non-hydrogen) atoms. The molecular formula is C30H37N3O5S2. The number of para-hydroxylation sites is 2. The molecule has 2 amide bonds. The van der Waals surface area contributed by atoms with Crippen molar-refractivity contribution < 1.29 is 22.7 Å². The van der Waals surface area contributed by atoms with Crippen LogP contribution in [0.4, 0.5) is 5.69 Å². The highest BCUT2D eigenvalue weighted by Gasteiger charge is 2.34. The van der Waals surface area contributed by atoms with Gasteiger partial charge in [-0.3, -0.25) is 13.9 Å². The lowest BCUT2D eigenvalue weighted by atomic mass is 10.1. The molecule has 3 aromatic rings. The van der Waals surface area contributed by atoms with E-state index in [-0.39, 0.29) is 23.0 Å². The number of likely N-dealkylation sites (N-methyl/N-ethyl adjacent to an activating group) is 1. The summed E-state index contributed by atoms with van der Waals surface area (Å²) in [5.41, 5.74) is 2.10. The number of amides is 2. The van der Waals surface area contributed by atoms with Crippen molar-refractivity contribution in [1.82, 2.24) is 10.2 Å². The van der Waals surface area contributed by atoms with Gasteiger partial charge in [0.15, 0.2) is 0 Å². The maximum atomic E-state index is 14.1. The third-order valence-electron chi connectivity index (χ3n) is 6.43. The van der Waals surface area contributed by atoms with E-state index in [0.29, 0.717) is 18.8 Å². The van der Waals surface area contributed by atoms with Crippen LogP contribution in [0.25, 0.3) is 0 Å². The minimum atomic E-state index is -4.19. The van der Waals surface area contributed by atoms with Crippen LogP contribution >= 0.6 is 11.8 Å². The quantitative estimate of drug-likeness (QED) is 0.289. The number of anilines is 1. The first-order valence-corrected chi connectivity index (χ1v) is 15.8. The van der Waals surface area contributed by atoms with E-state index in [2.05, 4.69) is 5.32 Å². The monoisotopic (exact) mass is 583 g/mol. The van der Waals surface area contributed by atoms with Crippen LogP contribution in [0.3, 0.4) is 0 Å².